The Labute approximate surface area is 151 Å². The Morgan fingerprint density at radius 2 is 2.04 bits per heavy atom. The summed E-state index contributed by atoms with van der Waals surface area (Å²) in [5.74, 6) is -1.33. The molecule has 0 spiro atoms. The van der Waals surface area contributed by atoms with E-state index >= 15 is 0 Å². The van der Waals surface area contributed by atoms with Gasteiger partial charge in [-0.1, -0.05) is 29.8 Å². The molecule has 0 radical (unpaired) electrons. The summed E-state index contributed by atoms with van der Waals surface area (Å²) in [6.07, 6.45) is 0.957. The van der Waals surface area contributed by atoms with Crippen molar-refractivity contribution >= 4 is 17.6 Å². The summed E-state index contributed by atoms with van der Waals surface area (Å²) in [4.78, 5) is 13.1. The molecule has 0 amide bonds. The minimum atomic E-state index is -0.929. The van der Waals surface area contributed by atoms with Crippen LogP contribution in [0.5, 0.6) is 0 Å². The minimum Gasteiger partial charge on any atom is -0.478 e. The Morgan fingerprint density at radius 1 is 1.32 bits per heavy atom. The van der Waals surface area contributed by atoms with E-state index in [2.05, 4.69) is 10.2 Å². The van der Waals surface area contributed by atoms with E-state index in [1.54, 1.807) is 18.2 Å². The lowest BCUT2D eigenvalue weighted by molar-refractivity contribution is 0.0697. The molecule has 2 atom stereocenters. The lowest BCUT2D eigenvalue weighted by atomic mass is 9.99. The zero-order chi connectivity index (χ0) is 18.0. The van der Waals surface area contributed by atoms with Crippen LogP contribution in [0.1, 0.15) is 33.9 Å². The second kappa shape index (κ2) is 7.52. The minimum absolute atomic E-state index is 0.0741. The molecule has 25 heavy (non-hydrogen) atoms. The SMILES string of the molecule is CN1CCC(NCc2ccc(C(=O)O)cc2)C1c1ccc(Cl)c(F)c1. The van der Waals surface area contributed by atoms with Crippen molar-refractivity contribution < 1.29 is 14.3 Å². The van der Waals surface area contributed by atoms with Crippen LogP contribution in [0.4, 0.5) is 4.39 Å². The molecule has 2 unspecified atom stereocenters. The quantitative estimate of drug-likeness (QED) is 0.851. The molecule has 1 heterocycles. The van der Waals surface area contributed by atoms with E-state index in [4.69, 9.17) is 16.7 Å². The number of carboxylic acids is 1. The van der Waals surface area contributed by atoms with E-state index in [1.165, 1.54) is 6.07 Å². The molecule has 2 aromatic carbocycles. The number of likely N-dealkylation sites (tertiary alicyclic amines) is 1. The van der Waals surface area contributed by atoms with E-state index < -0.39 is 11.8 Å². The number of likely N-dealkylation sites (N-methyl/N-ethyl adjacent to an activating group) is 1. The molecule has 6 heteroatoms. The summed E-state index contributed by atoms with van der Waals surface area (Å²) in [6, 6.07) is 12.1. The van der Waals surface area contributed by atoms with Gasteiger partial charge in [0.25, 0.3) is 0 Å². The van der Waals surface area contributed by atoms with Gasteiger partial charge < -0.3 is 10.4 Å². The van der Waals surface area contributed by atoms with Gasteiger partial charge in [-0.05, 0) is 48.9 Å². The monoisotopic (exact) mass is 362 g/mol. The number of benzene rings is 2. The number of nitrogens with one attached hydrogen (secondary N) is 1. The number of carboxylic acid groups (broad SMARTS) is 1. The van der Waals surface area contributed by atoms with E-state index in [9.17, 15) is 9.18 Å². The molecule has 2 aromatic rings. The second-order valence-electron chi connectivity index (χ2n) is 6.38. The fourth-order valence-corrected chi connectivity index (χ4v) is 3.48. The molecular formula is C19H20ClFN2O2. The maximum absolute atomic E-state index is 13.8. The van der Waals surface area contributed by atoms with E-state index in [0.717, 1.165) is 24.1 Å². The molecule has 0 aliphatic carbocycles. The van der Waals surface area contributed by atoms with Gasteiger partial charge in [0.1, 0.15) is 5.82 Å². The third kappa shape index (κ3) is 4.00. The van der Waals surface area contributed by atoms with Crippen LogP contribution in [0.15, 0.2) is 42.5 Å². The molecule has 0 saturated carbocycles. The lowest BCUT2D eigenvalue weighted by Gasteiger charge is -2.26. The Balaban J connectivity index is 1.70. The number of rotatable bonds is 5. The summed E-state index contributed by atoms with van der Waals surface area (Å²) >= 11 is 5.79. The molecule has 4 nitrogen and oxygen atoms in total. The number of nitrogens with zero attached hydrogens (tertiary/aromatic N) is 1. The van der Waals surface area contributed by atoms with Crippen molar-refractivity contribution in [2.75, 3.05) is 13.6 Å². The predicted molar refractivity (Wildman–Crippen MR) is 95.4 cm³/mol. The standard InChI is InChI=1S/C19H20ClFN2O2/c1-23-9-8-17(18(23)14-6-7-15(20)16(21)10-14)22-11-12-2-4-13(5-3-12)19(24)25/h2-7,10,17-18,22H,8-9,11H2,1H3,(H,24,25). The Morgan fingerprint density at radius 3 is 2.68 bits per heavy atom. The highest BCUT2D eigenvalue weighted by Gasteiger charge is 2.32. The fourth-order valence-electron chi connectivity index (χ4n) is 3.36. The maximum atomic E-state index is 13.8. The van der Waals surface area contributed by atoms with Crippen molar-refractivity contribution in [3.63, 3.8) is 0 Å². The third-order valence-corrected chi connectivity index (χ3v) is 5.01. The summed E-state index contributed by atoms with van der Waals surface area (Å²) in [5.41, 5.74) is 2.19. The average Bonchev–Trinajstić information content (AvgIpc) is 2.96. The van der Waals surface area contributed by atoms with Gasteiger partial charge in [-0.15, -0.1) is 0 Å². The van der Waals surface area contributed by atoms with Crippen molar-refractivity contribution in [3.8, 4) is 0 Å². The van der Waals surface area contributed by atoms with Gasteiger partial charge in [0, 0.05) is 25.2 Å². The second-order valence-corrected chi connectivity index (χ2v) is 6.78. The number of hydrogen-bond donors (Lipinski definition) is 2. The average molecular weight is 363 g/mol. The first kappa shape index (κ1) is 17.9. The molecule has 3 rings (SSSR count). The van der Waals surface area contributed by atoms with Crippen LogP contribution in [0.2, 0.25) is 5.02 Å². The largest absolute Gasteiger partial charge is 0.478 e. The fraction of sp³-hybridized carbons (Fsp3) is 0.316. The number of carbonyl (C=O) groups is 1. The molecule has 132 valence electrons. The molecular weight excluding hydrogens is 343 g/mol. The zero-order valence-corrected chi connectivity index (χ0v) is 14.6. The molecule has 1 aliphatic heterocycles. The van der Waals surface area contributed by atoms with Gasteiger partial charge in [-0.3, -0.25) is 4.90 Å². The van der Waals surface area contributed by atoms with Crippen molar-refractivity contribution in [2.45, 2.75) is 25.0 Å². The van der Waals surface area contributed by atoms with Crippen molar-refractivity contribution in [3.05, 3.63) is 70.0 Å². The highest BCUT2D eigenvalue weighted by Crippen LogP contribution is 2.32. The molecule has 1 saturated heterocycles. The Kier molecular flexibility index (Phi) is 5.37. The normalized spacial score (nSPS) is 20.8. The first-order chi connectivity index (χ1) is 12.0. The summed E-state index contributed by atoms with van der Waals surface area (Å²) in [7, 11) is 2.03. The van der Waals surface area contributed by atoms with Crippen LogP contribution in [-0.4, -0.2) is 35.6 Å². The van der Waals surface area contributed by atoms with Crippen LogP contribution in [0.3, 0.4) is 0 Å². The topological polar surface area (TPSA) is 52.6 Å². The summed E-state index contributed by atoms with van der Waals surface area (Å²) < 4.78 is 13.8. The molecule has 1 aliphatic rings. The molecule has 0 bridgehead atoms. The molecule has 0 aromatic heterocycles. The highest BCUT2D eigenvalue weighted by molar-refractivity contribution is 6.30. The first-order valence-electron chi connectivity index (χ1n) is 8.16. The van der Waals surface area contributed by atoms with Gasteiger partial charge in [-0.25, -0.2) is 9.18 Å². The van der Waals surface area contributed by atoms with Gasteiger partial charge in [-0.2, -0.15) is 0 Å². The number of halogens is 2. The van der Waals surface area contributed by atoms with Crippen molar-refractivity contribution in [2.24, 2.45) is 0 Å². The van der Waals surface area contributed by atoms with Gasteiger partial charge in [0.15, 0.2) is 0 Å². The van der Waals surface area contributed by atoms with Crippen molar-refractivity contribution in [1.29, 1.82) is 0 Å². The Bertz CT molecular complexity index is 767. The summed E-state index contributed by atoms with van der Waals surface area (Å²) in [5, 5.41) is 12.6. The van der Waals surface area contributed by atoms with Gasteiger partial charge in [0.2, 0.25) is 0 Å². The van der Waals surface area contributed by atoms with Gasteiger partial charge >= 0.3 is 5.97 Å². The van der Waals surface area contributed by atoms with Crippen LogP contribution in [0.25, 0.3) is 0 Å². The van der Waals surface area contributed by atoms with Crippen LogP contribution in [-0.2, 0) is 6.54 Å². The molecule has 2 N–H and O–H groups in total. The van der Waals surface area contributed by atoms with Gasteiger partial charge in [0.05, 0.1) is 10.6 Å². The van der Waals surface area contributed by atoms with E-state index in [0.29, 0.717) is 6.54 Å². The predicted octanol–water partition coefficient (Wildman–Crippen LogP) is 3.71. The maximum Gasteiger partial charge on any atom is 0.335 e. The zero-order valence-electron chi connectivity index (χ0n) is 13.9. The van der Waals surface area contributed by atoms with Crippen molar-refractivity contribution in [1.82, 2.24) is 10.2 Å². The number of aromatic carboxylic acids is 1. The van der Waals surface area contributed by atoms with Crippen LogP contribution in [0, 0.1) is 5.82 Å². The Hall–Kier alpha value is -1.95. The van der Waals surface area contributed by atoms with E-state index in [-0.39, 0.29) is 22.7 Å². The first-order valence-corrected chi connectivity index (χ1v) is 8.54. The highest BCUT2D eigenvalue weighted by atomic mass is 35.5. The summed E-state index contributed by atoms with van der Waals surface area (Å²) in [6.45, 7) is 1.55. The van der Waals surface area contributed by atoms with Crippen LogP contribution >= 0.6 is 11.6 Å². The van der Waals surface area contributed by atoms with E-state index in [1.807, 2.05) is 25.2 Å². The third-order valence-electron chi connectivity index (χ3n) is 4.70. The smallest absolute Gasteiger partial charge is 0.335 e. The lowest BCUT2D eigenvalue weighted by Crippen LogP contribution is -2.34. The molecule has 1 fully saturated rings. The number of hydrogen-bond acceptors (Lipinski definition) is 3. The van der Waals surface area contributed by atoms with Crippen LogP contribution < -0.4 is 5.32 Å².